The molecule has 0 saturated carbocycles. The fourth-order valence-corrected chi connectivity index (χ4v) is 8.26. The number of para-hydroxylation sites is 3. The first-order valence-electron chi connectivity index (χ1n) is 18.3. The van der Waals surface area contributed by atoms with Crippen molar-refractivity contribution in [2.24, 2.45) is 0 Å². The minimum atomic E-state index is 0.698. The van der Waals surface area contributed by atoms with Crippen LogP contribution in [-0.2, 0) is 0 Å². The molecule has 0 bridgehead atoms. The van der Waals surface area contributed by atoms with E-state index < -0.39 is 0 Å². The van der Waals surface area contributed by atoms with Crippen LogP contribution < -0.4 is 0 Å². The number of hydrogen-bond acceptors (Lipinski definition) is 2. The number of rotatable bonds is 5. The van der Waals surface area contributed by atoms with E-state index in [0.29, 0.717) is 5.82 Å². The van der Waals surface area contributed by atoms with Gasteiger partial charge in [0.25, 0.3) is 0 Å². The van der Waals surface area contributed by atoms with Gasteiger partial charge < -0.3 is 9.13 Å². The Balaban J connectivity index is 1.05. The third-order valence-corrected chi connectivity index (χ3v) is 10.7. The van der Waals surface area contributed by atoms with Gasteiger partial charge in [-0.2, -0.15) is 0 Å². The fraction of sp³-hybridized carbons (Fsp3) is 0. The number of nitrogens with zero attached hydrogens (tertiary/aromatic N) is 4. The molecule has 0 aliphatic heterocycles. The van der Waals surface area contributed by atoms with E-state index in [1.165, 1.54) is 48.9 Å². The second-order valence-corrected chi connectivity index (χ2v) is 13.8. The molecule has 0 amide bonds. The van der Waals surface area contributed by atoms with Crippen LogP contribution in [0, 0.1) is 0 Å². The van der Waals surface area contributed by atoms with Crippen LogP contribution in [0.3, 0.4) is 0 Å². The maximum Gasteiger partial charge on any atom is 0.160 e. The quantitative estimate of drug-likeness (QED) is 0.180. The molecule has 8 aromatic carbocycles. The molecule has 54 heavy (non-hydrogen) atoms. The molecule has 0 aliphatic carbocycles. The van der Waals surface area contributed by atoms with Crippen molar-refractivity contribution in [3.63, 3.8) is 0 Å². The van der Waals surface area contributed by atoms with Gasteiger partial charge in [0, 0.05) is 49.6 Å². The molecule has 0 fully saturated rings. The molecule has 11 rings (SSSR count). The van der Waals surface area contributed by atoms with E-state index in [-0.39, 0.29) is 0 Å². The molecular weight excluding hydrogens is 657 g/mol. The van der Waals surface area contributed by atoms with E-state index in [2.05, 4.69) is 197 Å². The predicted octanol–water partition coefficient (Wildman–Crippen LogP) is 12.8. The SMILES string of the molecule is c1ccc(-c2cc(-c3cccc4ccccc34)nc(-c3ccc(-n4c5ccccc5c5cc(-n6c7ccccc7c7ccccc76)ccc54)cc3)n2)cc1. The van der Waals surface area contributed by atoms with Gasteiger partial charge in [-0.25, -0.2) is 9.97 Å². The van der Waals surface area contributed by atoms with E-state index in [4.69, 9.17) is 9.97 Å². The minimum Gasteiger partial charge on any atom is -0.309 e. The highest BCUT2D eigenvalue weighted by atomic mass is 15.0. The third-order valence-electron chi connectivity index (χ3n) is 10.7. The zero-order valence-corrected chi connectivity index (χ0v) is 29.3. The topological polar surface area (TPSA) is 35.6 Å². The van der Waals surface area contributed by atoms with E-state index in [1.807, 2.05) is 6.07 Å². The largest absolute Gasteiger partial charge is 0.309 e. The van der Waals surface area contributed by atoms with Crippen LogP contribution in [0.1, 0.15) is 0 Å². The van der Waals surface area contributed by atoms with Gasteiger partial charge in [0.15, 0.2) is 5.82 Å². The second kappa shape index (κ2) is 12.1. The van der Waals surface area contributed by atoms with Crippen molar-refractivity contribution >= 4 is 54.4 Å². The van der Waals surface area contributed by atoms with E-state index in [9.17, 15) is 0 Å². The Kier molecular flexibility index (Phi) is 6.82. The van der Waals surface area contributed by atoms with Gasteiger partial charge in [-0.3, -0.25) is 0 Å². The first-order valence-corrected chi connectivity index (χ1v) is 18.3. The zero-order chi connectivity index (χ0) is 35.6. The van der Waals surface area contributed by atoms with Crippen molar-refractivity contribution in [3.8, 4) is 45.3 Å². The molecule has 4 nitrogen and oxygen atoms in total. The van der Waals surface area contributed by atoms with Gasteiger partial charge in [0.05, 0.1) is 33.5 Å². The second-order valence-electron chi connectivity index (χ2n) is 13.8. The average molecular weight is 689 g/mol. The van der Waals surface area contributed by atoms with Gasteiger partial charge >= 0.3 is 0 Å². The van der Waals surface area contributed by atoms with Gasteiger partial charge in [-0.1, -0.05) is 127 Å². The normalized spacial score (nSPS) is 11.7. The van der Waals surface area contributed by atoms with Crippen molar-refractivity contribution in [1.29, 1.82) is 0 Å². The lowest BCUT2D eigenvalue weighted by atomic mass is 10.0. The number of hydrogen-bond donors (Lipinski definition) is 0. The number of benzene rings is 8. The van der Waals surface area contributed by atoms with Crippen molar-refractivity contribution in [2.45, 2.75) is 0 Å². The molecule has 0 spiro atoms. The van der Waals surface area contributed by atoms with Crippen LogP contribution in [0.15, 0.2) is 194 Å². The summed E-state index contributed by atoms with van der Waals surface area (Å²) in [4.78, 5) is 10.3. The van der Waals surface area contributed by atoms with Crippen LogP contribution in [-0.4, -0.2) is 19.1 Å². The summed E-state index contributed by atoms with van der Waals surface area (Å²) in [5, 5.41) is 7.32. The average Bonchev–Trinajstić information content (AvgIpc) is 3.76. The fourth-order valence-electron chi connectivity index (χ4n) is 8.26. The van der Waals surface area contributed by atoms with Gasteiger partial charge in [-0.05, 0) is 77.5 Å². The molecule has 0 unspecified atom stereocenters. The molecule has 0 radical (unpaired) electrons. The number of aromatic nitrogens is 4. The Hall–Kier alpha value is -7.30. The summed E-state index contributed by atoms with van der Waals surface area (Å²) in [6.07, 6.45) is 0. The lowest BCUT2D eigenvalue weighted by Crippen LogP contribution is -1.98. The number of fused-ring (bicyclic) bond motifs is 7. The van der Waals surface area contributed by atoms with E-state index in [1.54, 1.807) is 0 Å². The van der Waals surface area contributed by atoms with Gasteiger partial charge in [0.1, 0.15) is 0 Å². The molecule has 11 aromatic rings. The third kappa shape index (κ3) is 4.78. The Morgan fingerprint density at radius 2 is 0.833 bits per heavy atom. The molecule has 4 heteroatoms. The Morgan fingerprint density at radius 3 is 1.54 bits per heavy atom. The van der Waals surface area contributed by atoms with Crippen LogP contribution in [0.5, 0.6) is 0 Å². The van der Waals surface area contributed by atoms with Crippen molar-refractivity contribution in [2.75, 3.05) is 0 Å². The smallest absolute Gasteiger partial charge is 0.160 e. The summed E-state index contributed by atoms with van der Waals surface area (Å²) < 4.78 is 4.76. The Morgan fingerprint density at radius 1 is 0.315 bits per heavy atom. The first-order chi connectivity index (χ1) is 26.8. The summed E-state index contributed by atoms with van der Waals surface area (Å²) in [5.41, 5.74) is 11.9. The molecule has 0 N–H and O–H groups in total. The zero-order valence-electron chi connectivity index (χ0n) is 29.3. The van der Waals surface area contributed by atoms with Crippen LogP contribution in [0.25, 0.3) is 99.7 Å². The molecule has 3 aromatic heterocycles. The van der Waals surface area contributed by atoms with Crippen LogP contribution in [0.4, 0.5) is 0 Å². The maximum atomic E-state index is 5.20. The highest BCUT2D eigenvalue weighted by Gasteiger charge is 2.17. The molecule has 0 aliphatic rings. The van der Waals surface area contributed by atoms with Crippen molar-refractivity contribution in [3.05, 3.63) is 194 Å². The summed E-state index contributed by atoms with van der Waals surface area (Å²) in [5.74, 6) is 0.698. The van der Waals surface area contributed by atoms with Gasteiger partial charge in [-0.15, -0.1) is 0 Å². The molecule has 0 saturated heterocycles. The monoisotopic (exact) mass is 688 g/mol. The maximum absolute atomic E-state index is 5.20. The summed E-state index contributed by atoms with van der Waals surface area (Å²) in [7, 11) is 0. The van der Waals surface area contributed by atoms with E-state index >= 15 is 0 Å². The lowest BCUT2D eigenvalue weighted by molar-refractivity contribution is 1.16. The van der Waals surface area contributed by atoms with Crippen molar-refractivity contribution in [1.82, 2.24) is 19.1 Å². The predicted molar refractivity (Wildman–Crippen MR) is 225 cm³/mol. The van der Waals surface area contributed by atoms with E-state index in [0.717, 1.165) is 45.0 Å². The molecule has 252 valence electrons. The molecule has 0 atom stereocenters. The Bertz CT molecular complexity index is 3150. The van der Waals surface area contributed by atoms with Crippen molar-refractivity contribution < 1.29 is 0 Å². The first kappa shape index (κ1) is 30.3. The highest BCUT2D eigenvalue weighted by molar-refractivity contribution is 6.12. The van der Waals surface area contributed by atoms with Crippen LogP contribution >= 0.6 is 0 Å². The van der Waals surface area contributed by atoms with Gasteiger partial charge in [0.2, 0.25) is 0 Å². The summed E-state index contributed by atoms with van der Waals surface area (Å²) >= 11 is 0. The molecular formula is C50H32N4. The minimum absolute atomic E-state index is 0.698. The standard InChI is InChI=1S/C50H32N4/c1-2-14-34(15-3-1)44-32-45(39-21-12-16-33-13-4-5-17-38(33)39)52-50(51-44)35-25-27-36(28-26-35)53-48-24-11-8-20-42(48)43-31-37(29-30-49(43)53)54-46-22-9-6-18-40(46)41-19-7-10-23-47(41)54/h1-32H. The summed E-state index contributed by atoms with van der Waals surface area (Å²) in [6.45, 7) is 0. The lowest BCUT2D eigenvalue weighted by Gasteiger charge is -2.13. The Labute approximate surface area is 311 Å². The van der Waals surface area contributed by atoms with Crippen LogP contribution in [0.2, 0.25) is 0 Å². The molecule has 3 heterocycles. The highest BCUT2D eigenvalue weighted by Crippen LogP contribution is 2.38. The summed E-state index contributed by atoms with van der Waals surface area (Å²) in [6, 6.07) is 69.0.